The van der Waals surface area contributed by atoms with Crippen LogP contribution in [0.4, 0.5) is 17.1 Å². The first-order valence-electron chi connectivity index (χ1n) is 20.2. The van der Waals surface area contributed by atoms with Crippen LogP contribution >= 0.6 is 11.3 Å². The lowest BCUT2D eigenvalue weighted by Crippen LogP contribution is -2.10. The summed E-state index contributed by atoms with van der Waals surface area (Å²) in [7, 11) is 0. The fraction of sp³-hybridized carbons (Fsp3) is 0. The molecule has 2 aromatic heterocycles. The van der Waals surface area contributed by atoms with Crippen LogP contribution in [0.5, 0.6) is 0 Å². The number of benzene rings is 10. The van der Waals surface area contributed by atoms with E-state index in [0.29, 0.717) is 0 Å². The van der Waals surface area contributed by atoms with Gasteiger partial charge in [0.2, 0.25) is 0 Å². The summed E-state index contributed by atoms with van der Waals surface area (Å²) in [6.45, 7) is 0. The molecule has 0 aliphatic carbocycles. The van der Waals surface area contributed by atoms with Gasteiger partial charge in [0.05, 0.1) is 16.7 Å². The number of aromatic nitrogens is 1. The highest BCUT2D eigenvalue weighted by Gasteiger charge is 2.20. The van der Waals surface area contributed by atoms with Gasteiger partial charge in [-0.05, 0) is 111 Å². The quantitative estimate of drug-likeness (QED) is 0.153. The predicted molar refractivity (Wildman–Crippen MR) is 254 cm³/mol. The molecule has 0 aliphatic rings. The number of nitrogens with zero attached hydrogens (tertiary/aromatic N) is 2. The van der Waals surface area contributed by atoms with Gasteiger partial charge in [-0.2, -0.15) is 0 Å². The second-order valence-corrected chi connectivity index (χ2v) is 16.4. The Labute approximate surface area is 346 Å². The van der Waals surface area contributed by atoms with Gasteiger partial charge in [0.25, 0.3) is 0 Å². The van der Waals surface area contributed by atoms with E-state index >= 15 is 0 Å². The third-order valence-electron chi connectivity index (χ3n) is 12.0. The fourth-order valence-corrected chi connectivity index (χ4v) is 10.3. The molecule has 0 amide bonds. The number of hydrogen-bond acceptors (Lipinski definition) is 2. The van der Waals surface area contributed by atoms with Gasteiger partial charge in [-0.15, -0.1) is 11.3 Å². The lowest BCUT2D eigenvalue weighted by Gasteiger charge is -2.28. The van der Waals surface area contributed by atoms with Gasteiger partial charge < -0.3 is 9.47 Å². The van der Waals surface area contributed by atoms with E-state index in [9.17, 15) is 0 Å². The van der Waals surface area contributed by atoms with Gasteiger partial charge in [0, 0.05) is 53.4 Å². The van der Waals surface area contributed by atoms with Gasteiger partial charge >= 0.3 is 0 Å². The van der Waals surface area contributed by atoms with Gasteiger partial charge in [0.15, 0.2) is 0 Å². The van der Waals surface area contributed by atoms with Crippen LogP contribution in [0, 0.1) is 0 Å². The first-order valence-corrected chi connectivity index (χ1v) is 21.0. The molecule has 12 aromatic rings. The maximum atomic E-state index is 2.45. The van der Waals surface area contributed by atoms with E-state index in [1.54, 1.807) is 0 Å². The van der Waals surface area contributed by atoms with Crippen LogP contribution < -0.4 is 4.90 Å². The second-order valence-electron chi connectivity index (χ2n) is 15.3. The topological polar surface area (TPSA) is 8.17 Å². The lowest BCUT2D eigenvalue weighted by molar-refractivity contribution is 1.18. The molecule has 0 radical (unpaired) electrons. The van der Waals surface area contributed by atoms with Gasteiger partial charge in [0.1, 0.15) is 0 Å². The SMILES string of the molecule is c1ccc(-c2ccc(-n3c4ccccc4c4cc(-c5ccc(N(c6ccc7sc8ccccc8c7c6)c6cc7ccccc7c7ccccc67)cc5)ccc43)cc2)cc1. The molecule has 2 nitrogen and oxygen atoms in total. The number of fused-ring (bicyclic) bond motifs is 9. The van der Waals surface area contributed by atoms with E-state index in [0.717, 1.165) is 22.7 Å². The molecular weight excluding hydrogens is 733 g/mol. The van der Waals surface area contributed by atoms with Crippen molar-refractivity contribution in [3.8, 4) is 27.9 Å². The van der Waals surface area contributed by atoms with E-state index in [1.807, 2.05) is 11.3 Å². The minimum atomic E-state index is 1.12. The van der Waals surface area contributed by atoms with Crippen molar-refractivity contribution in [3.05, 3.63) is 218 Å². The van der Waals surface area contributed by atoms with Crippen LogP contribution in [-0.2, 0) is 0 Å². The summed E-state index contributed by atoms with van der Waals surface area (Å²) < 4.78 is 5.01. The van der Waals surface area contributed by atoms with Crippen LogP contribution in [0.3, 0.4) is 0 Å². The Kier molecular flexibility index (Phi) is 7.75. The van der Waals surface area contributed by atoms with Crippen LogP contribution in [0.1, 0.15) is 0 Å². The Morgan fingerprint density at radius 1 is 0.322 bits per heavy atom. The van der Waals surface area contributed by atoms with E-state index in [2.05, 4.69) is 228 Å². The molecule has 0 fully saturated rings. The maximum absolute atomic E-state index is 2.45. The van der Waals surface area contributed by atoms with Crippen LogP contribution in [0.2, 0.25) is 0 Å². The molecule has 2 heterocycles. The second kappa shape index (κ2) is 13.6. The van der Waals surface area contributed by atoms with Crippen LogP contribution in [0.15, 0.2) is 218 Å². The van der Waals surface area contributed by atoms with Gasteiger partial charge in [-0.3, -0.25) is 0 Å². The molecule has 276 valence electrons. The van der Waals surface area contributed by atoms with Crippen molar-refractivity contribution in [1.82, 2.24) is 4.57 Å². The molecule has 3 heteroatoms. The monoisotopic (exact) mass is 768 g/mol. The third kappa shape index (κ3) is 5.55. The zero-order chi connectivity index (χ0) is 38.9. The van der Waals surface area contributed by atoms with Gasteiger partial charge in [-0.1, -0.05) is 146 Å². The zero-order valence-electron chi connectivity index (χ0n) is 32.1. The Hall–Kier alpha value is -7.46. The number of hydrogen-bond donors (Lipinski definition) is 0. The summed E-state index contributed by atoms with van der Waals surface area (Å²) in [5.41, 5.74) is 11.8. The summed E-state index contributed by atoms with van der Waals surface area (Å²) >= 11 is 1.86. The maximum Gasteiger partial charge on any atom is 0.0546 e. The molecule has 10 aromatic carbocycles. The van der Waals surface area contributed by atoms with Crippen molar-refractivity contribution in [2.75, 3.05) is 4.90 Å². The zero-order valence-corrected chi connectivity index (χ0v) is 32.9. The van der Waals surface area contributed by atoms with Crippen molar-refractivity contribution in [1.29, 1.82) is 0 Å². The first-order chi connectivity index (χ1) is 29.2. The Balaban J connectivity index is 0.987. The minimum absolute atomic E-state index is 1.12. The molecule has 0 saturated heterocycles. The predicted octanol–water partition coefficient (Wildman–Crippen LogP) is 16.3. The third-order valence-corrected chi connectivity index (χ3v) is 13.1. The van der Waals surface area contributed by atoms with Crippen molar-refractivity contribution >= 4 is 91.9 Å². The molecule has 0 spiro atoms. The Morgan fingerprint density at radius 3 is 1.73 bits per heavy atom. The molecule has 12 rings (SSSR count). The van der Waals surface area contributed by atoms with Crippen molar-refractivity contribution in [2.45, 2.75) is 0 Å². The van der Waals surface area contributed by atoms with E-state index < -0.39 is 0 Å². The highest BCUT2D eigenvalue weighted by molar-refractivity contribution is 7.25. The van der Waals surface area contributed by atoms with E-state index in [-0.39, 0.29) is 0 Å². The largest absolute Gasteiger partial charge is 0.310 e. The summed E-state index contributed by atoms with van der Waals surface area (Å²) in [6.07, 6.45) is 0. The summed E-state index contributed by atoms with van der Waals surface area (Å²) in [5, 5.41) is 10.1. The van der Waals surface area contributed by atoms with Crippen LogP contribution in [-0.4, -0.2) is 4.57 Å². The van der Waals surface area contributed by atoms with E-state index in [4.69, 9.17) is 0 Å². The first kappa shape index (κ1) is 33.7. The molecule has 0 aliphatic heterocycles. The normalized spacial score (nSPS) is 11.7. The minimum Gasteiger partial charge on any atom is -0.310 e. The highest BCUT2D eigenvalue weighted by Crippen LogP contribution is 2.45. The Bertz CT molecular complexity index is 3540. The van der Waals surface area contributed by atoms with Crippen molar-refractivity contribution in [3.63, 3.8) is 0 Å². The number of para-hydroxylation sites is 1. The average Bonchev–Trinajstić information content (AvgIpc) is 3.85. The van der Waals surface area contributed by atoms with Crippen LogP contribution in [0.25, 0.3) is 91.5 Å². The highest BCUT2D eigenvalue weighted by atomic mass is 32.1. The number of rotatable bonds is 6. The summed E-state index contributed by atoms with van der Waals surface area (Å²) in [4.78, 5) is 2.45. The smallest absolute Gasteiger partial charge is 0.0546 e. The molecule has 0 bridgehead atoms. The van der Waals surface area contributed by atoms with E-state index in [1.165, 1.54) is 85.8 Å². The molecule has 0 N–H and O–H groups in total. The Morgan fingerprint density at radius 2 is 0.898 bits per heavy atom. The summed E-state index contributed by atoms with van der Waals surface area (Å²) in [5.74, 6) is 0. The molecule has 0 atom stereocenters. The number of anilines is 3. The molecule has 0 unspecified atom stereocenters. The lowest BCUT2D eigenvalue weighted by atomic mass is 9.98. The fourth-order valence-electron chi connectivity index (χ4n) is 9.17. The molecular formula is C56H36N2S. The van der Waals surface area contributed by atoms with Crippen molar-refractivity contribution in [2.24, 2.45) is 0 Å². The molecule has 0 saturated carbocycles. The standard InChI is InChI=1S/C56H36N2S/c1-2-12-37(13-3-1)38-22-29-43(30-23-38)58-52-20-10-8-18-48(52)50-34-40(26-32-53(50)58)39-24-27-42(28-25-39)57(44-31-33-56-51(36-44)49-19-9-11-21-55(49)59-56)54-35-41-14-4-5-15-45(41)46-16-6-7-17-47(46)54/h1-36H. The molecule has 59 heavy (non-hydrogen) atoms. The van der Waals surface area contributed by atoms with Gasteiger partial charge in [-0.25, -0.2) is 0 Å². The summed E-state index contributed by atoms with van der Waals surface area (Å²) in [6, 6.07) is 80.0. The number of thiophene rings is 1. The van der Waals surface area contributed by atoms with Crippen molar-refractivity contribution < 1.29 is 0 Å². The average molecular weight is 769 g/mol.